The van der Waals surface area contributed by atoms with Crippen molar-refractivity contribution in [1.29, 1.82) is 0 Å². The Labute approximate surface area is 170 Å². The lowest BCUT2D eigenvalue weighted by Crippen LogP contribution is -2.51. The zero-order valence-corrected chi connectivity index (χ0v) is 17.0. The second-order valence-electron chi connectivity index (χ2n) is 7.85. The number of nitrogens with zero attached hydrogens (tertiary/aromatic N) is 2. The molecule has 1 fully saturated rings. The second kappa shape index (κ2) is 8.55. The normalized spacial score (nSPS) is 16.7. The molecule has 0 saturated carbocycles. The van der Waals surface area contributed by atoms with Crippen molar-refractivity contribution in [2.45, 2.75) is 26.4 Å². The second-order valence-corrected chi connectivity index (χ2v) is 7.85. The molecule has 1 aromatic rings. The molecule has 1 saturated heterocycles. The molecule has 0 atom stereocenters. The van der Waals surface area contributed by atoms with Gasteiger partial charge in [-0.1, -0.05) is 0 Å². The number of ether oxygens (including phenoxy) is 3. The molecule has 3 rings (SSSR count). The fourth-order valence-corrected chi connectivity index (χ4v) is 2.98. The van der Waals surface area contributed by atoms with Gasteiger partial charge in [0.05, 0.1) is 0 Å². The fraction of sp³-hybridized carbons (Fsp3) is 0.476. The van der Waals surface area contributed by atoms with Crippen LogP contribution in [0.4, 0.5) is 4.79 Å². The number of hydrogen-bond acceptors (Lipinski definition) is 6. The molecule has 29 heavy (non-hydrogen) atoms. The Hall–Kier alpha value is -3.03. The van der Waals surface area contributed by atoms with Gasteiger partial charge < -0.3 is 24.0 Å². The zero-order chi connectivity index (χ0) is 21.0. The Kier molecular flexibility index (Phi) is 6.10. The largest absolute Gasteiger partial charge is 0.486 e. The van der Waals surface area contributed by atoms with Gasteiger partial charge >= 0.3 is 6.09 Å². The van der Waals surface area contributed by atoms with Gasteiger partial charge in [0.2, 0.25) is 5.91 Å². The number of allylic oxidation sites excluding steroid dienone is 1. The van der Waals surface area contributed by atoms with Crippen LogP contribution in [0.5, 0.6) is 11.5 Å². The summed E-state index contributed by atoms with van der Waals surface area (Å²) >= 11 is 0. The van der Waals surface area contributed by atoms with Gasteiger partial charge in [-0.2, -0.15) is 0 Å². The third-order valence-corrected chi connectivity index (χ3v) is 4.45. The number of hydrogen-bond donors (Lipinski definition) is 0. The van der Waals surface area contributed by atoms with E-state index < -0.39 is 5.60 Å². The van der Waals surface area contributed by atoms with E-state index in [1.165, 1.54) is 12.2 Å². The van der Waals surface area contributed by atoms with E-state index in [0.29, 0.717) is 56.5 Å². The molecule has 0 bridgehead atoms. The highest BCUT2D eigenvalue weighted by atomic mass is 16.6. The standard InChI is InChI=1S/C21H26N2O6/c1-21(2,3)29-20(26)23-10-8-22(9-11-23)19(25)7-5-16(24)15-4-6-17-18(14-15)28-13-12-27-17/h4-7,14H,8-13H2,1-3H3/b7-5+. The lowest BCUT2D eigenvalue weighted by Gasteiger charge is -2.35. The van der Waals surface area contributed by atoms with Crippen LogP contribution in [0.15, 0.2) is 30.4 Å². The first-order valence-corrected chi connectivity index (χ1v) is 9.62. The molecular weight excluding hydrogens is 376 g/mol. The van der Waals surface area contributed by atoms with Gasteiger partial charge in [0.15, 0.2) is 17.3 Å². The number of piperazine rings is 1. The maximum atomic E-state index is 12.4. The Morgan fingerprint density at radius 3 is 2.21 bits per heavy atom. The molecule has 2 aliphatic heterocycles. The van der Waals surface area contributed by atoms with E-state index in [4.69, 9.17) is 14.2 Å². The van der Waals surface area contributed by atoms with Crippen molar-refractivity contribution in [1.82, 2.24) is 9.80 Å². The van der Waals surface area contributed by atoms with Crippen molar-refractivity contribution < 1.29 is 28.6 Å². The maximum absolute atomic E-state index is 12.4. The van der Waals surface area contributed by atoms with Crippen molar-refractivity contribution in [3.05, 3.63) is 35.9 Å². The molecule has 0 spiro atoms. The van der Waals surface area contributed by atoms with Gasteiger partial charge in [-0.25, -0.2) is 4.79 Å². The van der Waals surface area contributed by atoms with E-state index in [0.717, 1.165) is 0 Å². The molecule has 0 unspecified atom stereocenters. The number of benzene rings is 1. The molecular formula is C21H26N2O6. The first-order chi connectivity index (χ1) is 13.7. The molecule has 2 amide bonds. The molecule has 2 heterocycles. The third-order valence-electron chi connectivity index (χ3n) is 4.45. The monoisotopic (exact) mass is 402 g/mol. The van der Waals surface area contributed by atoms with Crippen LogP contribution in [0.25, 0.3) is 0 Å². The van der Waals surface area contributed by atoms with Crippen molar-refractivity contribution >= 4 is 17.8 Å². The summed E-state index contributed by atoms with van der Waals surface area (Å²) in [6.07, 6.45) is 2.14. The van der Waals surface area contributed by atoms with Crippen LogP contribution in [0.2, 0.25) is 0 Å². The van der Waals surface area contributed by atoms with Gasteiger partial charge in [0.25, 0.3) is 0 Å². The van der Waals surface area contributed by atoms with E-state index in [9.17, 15) is 14.4 Å². The summed E-state index contributed by atoms with van der Waals surface area (Å²) in [6, 6.07) is 4.95. The van der Waals surface area contributed by atoms with E-state index in [1.54, 1.807) is 28.0 Å². The molecule has 156 valence electrons. The molecule has 8 heteroatoms. The number of fused-ring (bicyclic) bond motifs is 1. The maximum Gasteiger partial charge on any atom is 0.410 e. The van der Waals surface area contributed by atoms with Crippen molar-refractivity contribution in [3.8, 4) is 11.5 Å². The van der Waals surface area contributed by atoms with E-state index in [2.05, 4.69) is 0 Å². The number of carbonyl (C=O) groups is 3. The fourth-order valence-electron chi connectivity index (χ4n) is 2.98. The van der Waals surface area contributed by atoms with Crippen LogP contribution in [0.1, 0.15) is 31.1 Å². The minimum absolute atomic E-state index is 0.264. The van der Waals surface area contributed by atoms with E-state index in [1.807, 2.05) is 20.8 Å². The quantitative estimate of drug-likeness (QED) is 0.570. The third kappa shape index (κ3) is 5.49. The van der Waals surface area contributed by atoms with Crippen LogP contribution in [-0.2, 0) is 9.53 Å². The number of ketones is 1. The van der Waals surface area contributed by atoms with Gasteiger partial charge in [-0.05, 0) is 45.0 Å². The van der Waals surface area contributed by atoms with Crippen molar-refractivity contribution in [2.24, 2.45) is 0 Å². The summed E-state index contributed by atoms with van der Waals surface area (Å²) < 4.78 is 16.3. The summed E-state index contributed by atoms with van der Waals surface area (Å²) in [5, 5.41) is 0. The molecule has 0 N–H and O–H groups in total. The van der Waals surface area contributed by atoms with Crippen molar-refractivity contribution in [2.75, 3.05) is 39.4 Å². The lowest BCUT2D eigenvalue weighted by molar-refractivity contribution is -0.127. The molecule has 8 nitrogen and oxygen atoms in total. The number of amides is 2. The first-order valence-electron chi connectivity index (χ1n) is 9.62. The molecule has 1 aromatic carbocycles. The Morgan fingerprint density at radius 1 is 0.931 bits per heavy atom. The van der Waals surface area contributed by atoms with Gasteiger partial charge in [0, 0.05) is 37.8 Å². The summed E-state index contributed by atoms with van der Waals surface area (Å²) in [7, 11) is 0. The molecule has 0 radical (unpaired) electrons. The summed E-state index contributed by atoms with van der Waals surface area (Å²) in [4.78, 5) is 40.0. The smallest absolute Gasteiger partial charge is 0.410 e. The molecule has 2 aliphatic rings. The van der Waals surface area contributed by atoms with Crippen LogP contribution in [0.3, 0.4) is 0 Å². The Morgan fingerprint density at radius 2 is 1.55 bits per heavy atom. The van der Waals surface area contributed by atoms with Crippen molar-refractivity contribution in [3.63, 3.8) is 0 Å². The van der Waals surface area contributed by atoms with E-state index in [-0.39, 0.29) is 17.8 Å². The highest BCUT2D eigenvalue weighted by Crippen LogP contribution is 2.30. The first kappa shape index (κ1) is 20.7. The molecule has 0 aliphatic carbocycles. The van der Waals surface area contributed by atoms with Gasteiger partial charge in [0.1, 0.15) is 18.8 Å². The van der Waals surface area contributed by atoms with Crippen LogP contribution >= 0.6 is 0 Å². The average Bonchev–Trinajstić information content (AvgIpc) is 2.70. The highest BCUT2D eigenvalue weighted by molar-refractivity contribution is 6.08. The highest BCUT2D eigenvalue weighted by Gasteiger charge is 2.27. The lowest BCUT2D eigenvalue weighted by atomic mass is 10.1. The topological polar surface area (TPSA) is 85.4 Å². The number of rotatable bonds is 3. The van der Waals surface area contributed by atoms with E-state index >= 15 is 0 Å². The average molecular weight is 402 g/mol. The summed E-state index contributed by atoms with van der Waals surface area (Å²) in [5.74, 6) is 0.582. The van der Waals surface area contributed by atoms with Crippen LogP contribution < -0.4 is 9.47 Å². The van der Waals surface area contributed by atoms with Crippen LogP contribution in [-0.4, -0.2) is 72.6 Å². The Balaban J connectivity index is 1.52. The minimum atomic E-state index is -0.555. The SMILES string of the molecule is CC(C)(C)OC(=O)N1CCN(C(=O)/C=C/C(=O)c2ccc3c(c2)OCCO3)CC1. The minimum Gasteiger partial charge on any atom is -0.486 e. The zero-order valence-electron chi connectivity index (χ0n) is 17.0. The molecule has 0 aromatic heterocycles. The van der Waals surface area contributed by atoms with Gasteiger partial charge in [-0.3, -0.25) is 9.59 Å². The summed E-state index contributed by atoms with van der Waals surface area (Å²) in [5.41, 5.74) is -0.130. The summed E-state index contributed by atoms with van der Waals surface area (Å²) in [6.45, 7) is 7.93. The van der Waals surface area contributed by atoms with Crippen LogP contribution in [0, 0.1) is 0 Å². The van der Waals surface area contributed by atoms with Gasteiger partial charge in [-0.15, -0.1) is 0 Å². The predicted molar refractivity (Wildman–Crippen MR) is 105 cm³/mol. The predicted octanol–water partition coefficient (Wildman–Crippen LogP) is 2.28. The Bertz CT molecular complexity index is 819. The number of carbonyl (C=O) groups excluding carboxylic acids is 3.